The number of rotatable bonds is 4. The zero-order valence-corrected chi connectivity index (χ0v) is 6.68. The number of amides is 1. The van der Waals surface area contributed by atoms with Crippen molar-refractivity contribution in [3.8, 4) is 0 Å². The van der Waals surface area contributed by atoms with Crippen LogP contribution in [0.2, 0.25) is 0 Å². The van der Waals surface area contributed by atoms with Crippen molar-refractivity contribution < 1.29 is 4.79 Å². The highest BCUT2D eigenvalue weighted by molar-refractivity contribution is 5.75. The lowest BCUT2D eigenvalue weighted by atomic mass is 10.3. The molecule has 1 atom stereocenters. The molecule has 0 radical (unpaired) electrons. The molecule has 0 bridgehead atoms. The number of carbonyl (C=O) groups is 1. The van der Waals surface area contributed by atoms with Crippen molar-refractivity contribution in [3.63, 3.8) is 0 Å². The third kappa shape index (κ3) is 5.56. The molecule has 3 heteroatoms. The molecule has 1 unspecified atom stereocenters. The molecule has 3 N–H and O–H groups in total. The summed E-state index contributed by atoms with van der Waals surface area (Å²) in [6.45, 7) is 4.43. The Morgan fingerprint density at radius 3 is 2.70 bits per heavy atom. The molecule has 3 nitrogen and oxygen atoms in total. The van der Waals surface area contributed by atoms with Crippen LogP contribution in [0.25, 0.3) is 0 Å². The summed E-state index contributed by atoms with van der Waals surface area (Å²) in [5.74, 6) is 0.0970. The van der Waals surface area contributed by atoms with E-state index < -0.39 is 0 Å². The van der Waals surface area contributed by atoms with Crippen LogP contribution in [0, 0.1) is 0 Å². The molecule has 0 saturated carbocycles. The monoisotopic (exact) mass is 144 g/mol. The van der Waals surface area contributed by atoms with Gasteiger partial charge in [-0.05, 0) is 13.3 Å². The van der Waals surface area contributed by atoms with Crippen LogP contribution in [0.1, 0.15) is 26.7 Å². The van der Waals surface area contributed by atoms with Gasteiger partial charge in [0.05, 0.1) is 0 Å². The van der Waals surface area contributed by atoms with Gasteiger partial charge in [-0.25, -0.2) is 0 Å². The van der Waals surface area contributed by atoms with Crippen molar-refractivity contribution in [2.24, 2.45) is 5.73 Å². The minimum absolute atomic E-state index is 0.0563. The average Bonchev–Trinajstić information content (AvgIpc) is 1.85. The summed E-state index contributed by atoms with van der Waals surface area (Å²) in [6, 6.07) is 0.0563. The molecule has 10 heavy (non-hydrogen) atoms. The quantitative estimate of drug-likeness (QED) is 0.594. The number of hydrogen-bond donors (Lipinski definition) is 2. The van der Waals surface area contributed by atoms with Crippen LogP contribution in [-0.4, -0.2) is 18.5 Å². The molecule has 0 aliphatic rings. The summed E-state index contributed by atoms with van der Waals surface area (Å²) in [7, 11) is 0. The molecule has 0 heterocycles. The van der Waals surface area contributed by atoms with Crippen LogP contribution >= 0.6 is 0 Å². The summed E-state index contributed by atoms with van der Waals surface area (Å²) in [5, 5.41) is 2.72. The van der Waals surface area contributed by atoms with E-state index in [2.05, 4.69) is 5.32 Å². The molecule has 0 aromatic rings. The molecule has 0 rings (SSSR count). The Labute approximate surface area is 62.0 Å². The summed E-state index contributed by atoms with van der Waals surface area (Å²) in [6.07, 6.45) is 1.50. The minimum Gasteiger partial charge on any atom is -0.355 e. The first-order valence-electron chi connectivity index (χ1n) is 3.69. The number of carbonyl (C=O) groups excluding carboxylic acids is 1. The van der Waals surface area contributed by atoms with Crippen molar-refractivity contribution in [2.45, 2.75) is 32.7 Å². The van der Waals surface area contributed by atoms with Gasteiger partial charge in [-0.15, -0.1) is 0 Å². The van der Waals surface area contributed by atoms with Crippen LogP contribution in [-0.2, 0) is 4.79 Å². The van der Waals surface area contributed by atoms with Gasteiger partial charge < -0.3 is 11.1 Å². The van der Waals surface area contributed by atoms with Gasteiger partial charge in [-0.3, -0.25) is 4.79 Å². The molecule has 0 spiro atoms. The van der Waals surface area contributed by atoms with E-state index in [1.807, 2.05) is 13.8 Å². The topological polar surface area (TPSA) is 55.1 Å². The van der Waals surface area contributed by atoms with E-state index in [4.69, 9.17) is 5.73 Å². The Morgan fingerprint density at radius 1 is 1.70 bits per heavy atom. The van der Waals surface area contributed by atoms with E-state index in [0.717, 1.165) is 6.42 Å². The minimum atomic E-state index is 0.0563. The first-order chi connectivity index (χ1) is 4.66. The summed E-state index contributed by atoms with van der Waals surface area (Å²) in [4.78, 5) is 10.8. The highest BCUT2D eigenvalue weighted by Gasteiger charge is 1.98. The van der Waals surface area contributed by atoms with Crippen LogP contribution in [0.4, 0.5) is 0 Å². The van der Waals surface area contributed by atoms with Crippen molar-refractivity contribution in [2.75, 3.05) is 6.54 Å². The lowest BCUT2D eigenvalue weighted by Gasteiger charge is -2.05. The Bertz CT molecular complexity index is 102. The van der Waals surface area contributed by atoms with Crippen molar-refractivity contribution in [1.29, 1.82) is 0 Å². The van der Waals surface area contributed by atoms with Gasteiger partial charge in [0.1, 0.15) is 0 Å². The summed E-state index contributed by atoms with van der Waals surface area (Å²) < 4.78 is 0. The lowest BCUT2D eigenvalue weighted by molar-refractivity contribution is -0.121. The molecule has 60 valence electrons. The smallest absolute Gasteiger partial charge is 0.220 e. The van der Waals surface area contributed by atoms with E-state index in [1.165, 1.54) is 0 Å². The molecule has 0 aromatic heterocycles. The fourth-order valence-corrected chi connectivity index (χ4v) is 0.590. The molecule has 0 saturated heterocycles. The summed E-state index contributed by atoms with van der Waals surface area (Å²) >= 11 is 0. The number of nitrogens with two attached hydrogens (primary N) is 1. The maximum Gasteiger partial charge on any atom is 0.220 e. The second-order valence-electron chi connectivity index (χ2n) is 2.53. The van der Waals surface area contributed by atoms with Gasteiger partial charge in [-0.1, -0.05) is 6.92 Å². The van der Waals surface area contributed by atoms with Crippen LogP contribution in [0.5, 0.6) is 0 Å². The Kier molecular flexibility index (Phi) is 4.94. The van der Waals surface area contributed by atoms with E-state index in [9.17, 15) is 4.79 Å². The van der Waals surface area contributed by atoms with Gasteiger partial charge in [-0.2, -0.15) is 0 Å². The third-order valence-electron chi connectivity index (χ3n) is 1.10. The Balaban J connectivity index is 3.22. The van der Waals surface area contributed by atoms with Gasteiger partial charge in [0.25, 0.3) is 0 Å². The molecular formula is C7H16N2O. The first-order valence-corrected chi connectivity index (χ1v) is 3.69. The standard InChI is InChI=1S/C7H16N2O/c1-3-4-7(10)9-5-6(2)8/h6H,3-5,8H2,1-2H3,(H,9,10). The largest absolute Gasteiger partial charge is 0.355 e. The maximum absolute atomic E-state index is 10.8. The predicted molar refractivity (Wildman–Crippen MR) is 41.6 cm³/mol. The van der Waals surface area contributed by atoms with Crippen LogP contribution in [0.3, 0.4) is 0 Å². The van der Waals surface area contributed by atoms with E-state index in [0.29, 0.717) is 13.0 Å². The summed E-state index contributed by atoms with van der Waals surface area (Å²) in [5.41, 5.74) is 5.42. The fraction of sp³-hybridized carbons (Fsp3) is 0.857. The average molecular weight is 144 g/mol. The highest BCUT2D eigenvalue weighted by atomic mass is 16.1. The Morgan fingerprint density at radius 2 is 2.30 bits per heavy atom. The third-order valence-corrected chi connectivity index (χ3v) is 1.10. The Hall–Kier alpha value is -0.570. The molecule has 0 aliphatic heterocycles. The van der Waals surface area contributed by atoms with Crippen molar-refractivity contribution in [3.05, 3.63) is 0 Å². The lowest BCUT2D eigenvalue weighted by Crippen LogP contribution is -2.34. The van der Waals surface area contributed by atoms with E-state index in [1.54, 1.807) is 0 Å². The van der Waals surface area contributed by atoms with Gasteiger partial charge in [0.2, 0.25) is 5.91 Å². The van der Waals surface area contributed by atoms with Crippen LogP contribution < -0.4 is 11.1 Å². The fourth-order valence-electron chi connectivity index (χ4n) is 0.590. The SMILES string of the molecule is CCCC(=O)NCC(C)N. The van der Waals surface area contributed by atoms with Gasteiger partial charge in [0.15, 0.2) is 0 Å². The molecule has 0 fully saturated rings. The second-order valence-corrected chi connectivity index (χ2v) is 2.53. The van der Waals surface area contributed by atoms with Crippen molar-refractivity contribution >= 4 is 5.91 Å². The normalized spacial score (nSPS) is 12.7. The maximum atomic E-state index is 10.8. The number of hydrogen-bond acceptors (Lipinski definition) is 2. The van der Waals surface area contributed by atoms with E-state index >= 15 is 0 Å². The molecule has 1 amide bonds. The first kappa shape index (κ1) is 9.43. The second kappa shape index (κ2) is 5.23. The molecular weight excluding hydrogens is 128 g/mol. The number of nitrogens with one attached hydrogen (secondary N) is 1. The predicted octanol–water partition coefficient (Wildman–Crippen LogP) is 0.250. The van der Waals surface area contributed by atoms with E-state index in [-0.39, 0.29) is 11.9 Å². The zero-order valence-electron chi connectivity index (χ0n) is 6.68. The van der Waals surface area contributed by atoms with Gasteiger partial charge in [0, 0.05) is 19.0 Å². The molecule has 0 aromatic carbocycles. The molecule has 0 aliphatic carbocycles. The highest BCUT2D eigenvalue weighted by Crippen LogP contribution is 1.84. The van der Waals surface area contributed by atoms with Crippen molar-refractivity contribution in [1.82, 2.24) is 5.32 Å². The van der Waals surface area contributed by atoms with Gasteiger partial charge >= 0.3 is 0 Å². The van der Waals surface area contributed by atoms with Crippen LogP contribution in [0.15, 0.2) is 0 Å². The zero-order chi connectivity index (χ0) is 7.98.